The molecular weight excluding hydrogens is 136 g/mol. The molecule has 0 heterocycles. The number of carbonyl (C=O) groups is 1. The molecule has 0 aromatic carbocycles. The first-order valence-corrected chi connectivity index (χ1v) is 3.49. The summed E-state index contributed by atoms with van der Waals surface area (Å²) in [7, 11) is 0. The Kier molecular flexibility index (Phi) is 5.64. The Balaban J connectivity index is 3.25. The molecule has 0 aromatic rings. The van der Waals surface area contributed by atoms with Crippen LogP contribution in [-0.2, 0) is 4.79 Å². The van der Waals surface area contributed by atoms with Crippen molar-refractivity contribution in [2.24, 2.45) is 0 Å². The van der Waals surface area contributed by atoms with Crippen LogP contribution in [0.15, 0.2) is 12.2 Å². The van der Waals surface area contributed by atoms with E-state index in [9.17, 15) is 4.79 Å². The third kappa shape index (κ3) is 5.57. The van der Waals surface area contributed by atoms with Gasteiger partial charge in [-0.25, -0.2) is 0 Å². The molecule has 0 spiro atoms. The average molecular weight is 147 g/mol. The highest BCUT2D eigenvalue weighted by atomic mass is 35.5. The summed E-state index contributed by atoms with van der Waals surface area (Å²) in [6.07, 6.45) is 6.33. The zero-order valence-electron chi connectivity index (χ0n) is 5.51. The second-order valence-electron chi connectivity index (χ2n) is 1.77. The Morgan fingerprint density at radius 1 is 1.56 bits per heavy atom. The van der Waals surface area contributed by atoms with Crippen molar-refractivity contribution in [3.8, 4) is 0 Å². The van der Waals surface area contributed by atoms with E-state index in [-0.39, 0.29) is 5.38 Å². The van der Waals surface area contributed by atoms with E-state index in [0.29, 0.717) is 6.42 Å². The maximum absolute atomic E-state index is 9.93. The van der Waals surface area contributed by atoms with Gasteiger partial charge < -0.3 is 4.79 Å². The minimum atomic E-state index is -0.340. The molecule has 1 unspecified atom stereocenters. The van der Waals surface area contributed by atoms with Crippen LogP contribution in [0.5, 0.6) is 0 Å². The van der Waals surface area contributed by atoms with E-state index in [4.69, 9.17) is 11.6 Å². The number of rotatable bonds is 4. The van der Waals surface area contributed by atoms with Gasteiger partial charge >= 0.3 is 0 Å². The summed E-state index contributed by atoms with van der Waals surface area (Å²) in [6.45, 7) is 2.04. The summed E-state index contributed by atoms with van der Waals surface area (Å²) in [6, 6.07) is 0. The zero-order chi connectivity index (χ0) is 7.11. The highest BCUT2D eigenvalue weighted by molar-refractivity contribution is 6.27. The molecule has 0 aliphatic carbocycles. The van der Waals surface area contributed by atoms with E-state index in [1.807, 2.05) is 19.1 Å². The summed E-state index contributed by atoms with van der Waals surface area (Å²) >= 11 is 5.48. The summed E-state index contributed by atoms with van der Waals surface area (Å²) < 4.78 is 0. The van der Waals surface area contributed by atoms with E-state index < -0.39 is 0 Å². The van der Waals surface area contributed by atoms with Crippen LogP contribution in [-0.4, -0.2) is 11.7 Å². The van der Waals surface area contributed by atoms with E-state index in [1.165, 1.54) is 0 Å². The van der Waals surface area contributed by atoms with Crippen LogP contribution < -0.4 is 0 Å². The smallest absolute Gasteiger partial charge is 0.138 e. The summed E-state index contributed by atoms with van der Waals surface area (Å²) in [5.74, 6) is 0. The third-order valence-electron chi connectivity index (χ3n) is 0.911. The minimum Gasteiger partial charge on any atom is -0.302 e. The van der Waals surface area contributed by atoms with Gasteiger partial charge in [0.25, 0.3) is 0 Å². The monoisotopic (exact) mass is 146 g/mol. The Labute approximate surface area is 60.7 Å². The lowest BCUT2D eigenvalue weighted by atomic mass is 10.3. The molecule has 2 heteroatoms. The van der Waals surface area contributed by atoms with Crippen LogP contribution in [0.2, 0.25) is 0 Å². The fraction of sp³-hybridized carbons (Fsp3) is 0.571. The highest BCUT2D eigenvalue weighted by Gasteiger charge is 1.95. The minimum absolute atomic E-state index is 0.340. The Morgan fingerprint density at radius 3 is 2.67 bits per heavy atom. The molecule has 0 rings (SSSR count). The van der Waals surface area contributed by atoms with Crippen LogP contribution in [0.3, 0.4) is 0 Å². The Morgan fingerprint density at radius 2 is 2.22 bits per heavy atom. The highest BCUT2D eigenvalue weighted by Crippen LogP contribution is 1.98. The van der Waals surface area contributed by atoms with Crippen molar-refractivity contribution in [3.63, 3.8) is 0 Å². The quantitative estimate of drug-likeness (QED) is 0.338. The van der Waals surface area contributed by atoms with E-state index in [1.54, 1.807) is 0 Å². The van der Waals surface area contributed by atoms with E-state index in [2.05, 4.69) is 0 Å². The molecule has 9 heavy (non-hydrogen) atoms. The first kappa shape index (κ1) is 8.70. The van der Waals surface area contributed by atoms with Crippen molar-refractivity contribution >= 4 is 17.9 Å². The Bertz CT molecular complexity index is 99.1. The topological polar surface area (TPSA) is 17.1 Å². The van der Waals surface area contributed by atoms with Gasteiger partial charge in [0.2, 0.25) is 0 Å². The van der Waals surface area contributed by atoms with E-state index in [0.717, 1.165) is 12.7 Å². The van der Waals surface area contributed by atoms with Gasteiger partial charge in [0.1, 0.15) is 6.29 Å². The second-order valence-corrected chi connectivity index (χ2v) is 2.33. The number of hydrogen-bond acceptors (Lipinski definition) is 1. The van der Waals surface area contributed by atoms with Crippen molar-refractivity contribution in [1.29, 1.82) is 0 Å². The molecule has 0 amide bonds. The summed E-state index contributed by atoms with van der Waals surface area (Å²) in [4.78, 5) is 9.93. The van der Waals surface area contributed by atoms with Crippen LogP contribution in [0.1, 0.15) is 19.8 Å². The summed E-state index contributed by atoms with van der Waals surface area (Å²) in [5, 5.41) is -0.340. The Hall–Kier alpha value is -0.300. The molecule has 0 saturated heterocycles. The first-order valence-electron chi connectivity index (χ1n) is 3.05. The number of alkyl halides is 1. The molecule has 0 N–H and O–H groups in total. The van der Waals surface area contributed by atoms with Gasteiger partial charge in [0, 0.05) is 0 Å². The lowest BCUT2D eigenvalue weighted by Gasteiger charge is -1.91. The normalized spacial score (nSPS) is 14.0. The van der Waals surface area contributed by atoms with Crippen LogP contribution in [0, 0.1) is 0 Å². The number of hydrogen-bond donors (Lipinski definition) is 0. The van der Waals surface area contributed by atoms with Gasteiger partial charge in [-0.2, -0.15) is 0 Å². The van der Waals surface area contributed by atoms with Gasteiger partial charge in [-0.05, 0) is 12.8 Å². The third-order valence-corrected chi connectivity index (χ3v) is 1.19. The van der Waals surface area contributed by atoms with Crippen molar-refractivity contribution in [2.45, 2.75) is 25.1 Å². The molecular formula is C7H11ClO. The van der Waals surface area contributed by atoms with Gasteiger partial charge in [0.05, 0.1) is 5.38 Å². The SMILES string of the molecule is CC/C=C\CC(Cl)C=O. The number of aldehydes is 1. The molecule has 1 nitrogen and oxygen atoms in total. The van der Waals surface area contributed by atoms with E-state index >= 15 is 0 Å². The maximum Gasteiger partial charge on any atom is 0.138 e. The average Bonchev–Trinajstić information content (AvgIpc) is 1.89. The molecule has 0 bridgehead atoms. The summed E-state index contributed by atoms with van der Waals surface area (Å²) in [5.41, 5.74) is 0. The molecule has 0 aliphatic heterocycles. The molecule has 0 radical (unpaired) electrons. The number of carbonyl (C=O) groups excluding carboxylic acids is 1. The molecule has 1 atom stereocenters. The lowest BCUT2D eigenvalue weighted by Crippen LogP contribution is -1.95. The molecule has 0 aromatic heterocycles. The zero-order valence-corrected chi connectivity index (χ0v) is 6.27. The van der Waals surface area contributed by atoms with Gasteiger partial charge in [0.15, 0.2) is 0 Å². The predicted octanol–water partition coefficient (Wildman–Crippen LogP) is 2.15. The van der Waals surface area contributed by atoms with Crippen molar-refractivity contribution in [1.82, 2.24) is 0 Å². The van der Waals surface area contributed by atoms with Gasteiger partial charge in [-0.3, -0.25) is 0 Å². The molecule has 0 saturated carbocycles. The van der Waals surface area contributed by atoms with Crippen molar-refractivity contribution in [3.05, 3.63) is 12.2 Å². The molecule has 0 fully saturated rings. The number of halogens is 1. The van der Waals surface area contributed by atoms with Crippen molar-refractivity contribution in [2.75, 3.05) is 0 Å². The fourth-order valence-corrected chi connectivity index (χ4v) is 0.551. The second kappa shape index (κ2) is 5.83. The maximum atomic E-state index is 9.93. The van der Waals surface area contributed by atoms with Gasteiger partial charge in [-0.1, -0.05) is 19.1 Å². The standard InChI is InChI=1S/C7H11ClO/c1-2-3-4-5-7(8)6-9/h3-4,6-7H,2,5H2,1H3/b4-3-. The van der Waals surface area contributed by atoms with Crippen LogP contribution >= 0.6 is 11.6 Å². The van der Waals surface area contributed by atoms with Crippen molar-refractivity contribution < 1.29 is 4.79 Å². The number of allylic oxidation sites excluding steroid dienone is 2. The largest absolute Gasteiger partial charge is 0.302 e. The van der Waals surface area contributed by atoms with Crippen LogP contribution in [0.25, 0.3) is 0 Å². The van der Waals surface area contributed by atoms with Gasteiger partial charge in [-0.15, -0.1) is 11.6 Å². The predicted molar refractivity (Wildman–Crippen MR) is 39.8 cm³/mol. The van der Waals surface area contributed by atoms with Crippen LogP contribution in [0.4, 0.5) is 0 Å². The fourth-order valence-electron chi connectivity index (χ4n) is 0.448. The molecule has 52 valence electrons. The first-order chi connectivity index (χ1) is 4.31. The molecule has 0 aliphatic rings. The lowest BCUT2D eigenvalue weighted by molar-refractivity contribution is -0.107.